The zero-order valence-corrected chi connectivity index (χ0v) is 25.4. The highest BCUT2D eigenvalue weighted by Gasteiger charge is 2.48. The van der Waals surface area contributed by atoms with Crippen LogP contribution in [0.5, 0.6) is 0 Å². The largest absolute Gasteiger partial charge is 0.474 e. The second-order valence-electron chi connectivity index (χ2n) is 13.9. The summed E-state index contributed by atoms with van der Waals surface area (Å²) in [5.74, 6) is 6.00. The summed E-state index contributed by atoms with van der Waals surface area (Å²) in [7, 11) is 0. The van der Waals surface area contributed by atoms with E-state index in [4.69, 9.17) is 9.47 Å². The molecule has 0 aromatic rings. The average Bonchev–Trinajstić information content (AvgIpc) is 3.53. The number of hydrogen-bond donors (Lipinski definition) is 0. The van der Waals surface area contributed by atoms with Gasteiger partial charge >= 0.3 is 5.90 Å². The zero-order valence-electron chi connectivity index (χ0n) is 25.4. The lowest BCUT2D eigenvalue weighted by Gasteiger charge is -2.39. The molecule has 4 heteroatoms. The Morgan fingerprint density at radius 1 is 0.744 bits per heavy atom. The van der Waals surface area contributed by atoms with Crippen molar-refractivity contribution in [1.29, 1.82) is 0 Å². The van der Waals surface area contributed by atoms with Gasteiger partial charge in [-0.15, -0.1) is 0 Å². The summed E-state index contributed by atoms with van der Waals surface area (Å²) in [4.78, 5) is 2.61. The standard InChI is InChI=1S/C35H57N2O2/c1-4-25(21-34-36(5-2)30-23-28(17-19-32(30)38-34)26-13-9-7-10-14-26)22-35-37(6-3)31-24-29(18-20-33(31)39-35)27-15-11-8-12-16-27/h21-22,26-33H,4-20,23-24H2,1-3H3/q+1. The molecule has 6 unspecified atom stereocenters. The van der Waals surface area contributed by atoms with Crippen LogP contribution in [0.3, 0.4) is 0 Å². The van der Waals surface area contributed by atoms with Crippen LogP contribution in [0, 0.1) is 23.7 Å². The van der Waals surface area contributed by atoms with Gasteiger partial charge in [0.05, 0.1) is 12.1 Å². The first-order valence-corrected chi connectivity index (χ1v) is 17.3. The van der Waals surface area contributed by atoms with Gasteiger partial charge in [-0.1, -0.05) is 71.1 Å². The van der Waals surface area contributed by atoms with Crippen LogP contribution in [-0.2, 0) is 9.47 Å². The van der Waals surface area contributed by atoms with Crippen molar-refractivity contribution in [3.8, 4) is 0 Å². The molecule has 2 aliphatic heterocycles. The topological polar surface area (TPSA) is 24.7 Å². The molecule has 6 aliphatic rings. The van der Waals surface area contributed by atoms with Crippen LogP contribution in [0.4, 0.5) is 0 Å². The van der Waals surface area contributed by atoms with Crippen molar-refractivity contribution in [2.24, 2.45) is 23.7 Å². The lowest BCUT2D eigenvalue weighted by molar-refractivity contribution is -0.560. The van der Waals surface area contributed by atoms with Gasteiger partial charge in [-0.3, -0.25) is 0 Å². The van der Waals surface area contributed by atoms with E-state index in [1.807, 2.05) is 0 Å². The number of fused-ring (bicyclic) bond motifs is 2. The van der Waals surface area contributed by atoms with Gasteiger partial charge in [-0.2, -0.15) is 4.58 Å². The Hall–Kier alpha value is -1.45. The second-order valence-corrected chi connectivity index (χ2v) is 13.9. The number of likely N-dealkylation sites (N-methyl/N-ethyl adjacent to an activating group) is 2. The summed E-state index contributed by atoms with van der Waals surface area (Å²) < 4.78 is 16.0. The molecule has 0 spiro atoms. The molecule has 0 N–H and O–H groups in total. The van der Waals surface area contributed by atoms with Crippen LogP contribution in [0.15, 0.2) is 23.6 Å². The highest BCUT2D eigenvalue weighted by Crippen LogP contribution is 2.45. The maximum Gasteiger partial charge on any atom is 0.363 e. The van der Waals surface area contributed by atoms with E-state index in [1.54, 1.807) is 0 Å². The van der Waals surface area contributed by atoms with Crippen LogP contribution >= 0.6 is 0 Å². The summed E-state index contributed by atoms with van der Waals surface area (Å²) in [5, 5.41) is 0. The number of ether oxygens (including phenoxy) is 2. The molecular weight excluding hydrogens is 480 g/mol. The van der Waals surface area contributed by atoms with Crippen LogP contribution in [0.2, 0.25) is 0 Å². The number of rotatable bonds is 7. The van der Waals surface area contributed by atoms with Gasteiger partial charge in [-0.25, -0.2) is 0 Å². The van der Waals surface area contributed by atoms with Crippen LogP contribution in [0.25, 0.3) is 0 Å². The maximum atomic E-state index is 6.71. The van der Waals surface area contributed by atoms with Crippen molar-refractivity contribution in [1.82, 2.24) is 4.90 Å². The van der Waals surface area contributed by atoms with E-state index in [0.29, 0.717) is 24.3 Å². The minimum absolute atomic E-state index is 0.385. The SMILES string of the molecule is CCC(=CC1=[N+](CC)C2CC(C3CCCCC3)CCC2O1)C=C1OC2CCC(C3CCCCC3)CC2N1CC. The fourth-order valence-corrected chi connectivity index (χ4v) is 9.65. The summed E-state index contributed by atoms with van der Waals surface area (Å²) >= 11 is 0. The monoisotopic (exact) mass is 537 g/mol. The molecular formula is C35H57N2O2+. The van der Waals surface area contributed by atoms with Gasteiger partial charge in [0.15, 0.2) is 18.0 Å². The first kappa shape index (κ1) is 27.7. The summed E-state index contributed by atoms with van der Waals surface area (Å²) in [6.45, 7) is 9.02. The van der Waals surface area contributed by atoms with Gasteiger partial charge in [0, 0.05) is 19.0 Å². The fraction of sp³-hybridized carbons (Fsp3) is 0.857. The average molecular weight is 538 g/mol. The molecule has 0 radical (unpaired) electrons. The predicted molar refractivity (Wildman–Crippen MR) is 160 cm³/mol. The third-order valence-corrected chi connectivity index (χ3v) is 11.8. The Kier molecular flexibility index (Phi) is 8.95. The molecule has 6 atom stereocenters. The Morgan fingerprint density at radius 2 is 1.38 bits per heavy atom. The van der Waals surface area contributed by atoms with E-state index in [1.165, 1.54) is 108 Å². The minimum Gasteiger partial charge on any atom is -0.474 e. The zero-order chi connectivity index (χ0) is 26.8. The lowest BCUT2D eigenvalue weighted by Crippen LogP contribution is -2.41. The molecule has 218 valence electrons. The summed E-state index contributed by atoms with van der Waals surface area (Å²) in [5.41, 5.74) is 1.35. The van der Waals surface area contributed by atoms with Crippen molar-refractivity contribution in [3.63, 3.8) is 0 Å². The molecule has 0 amide bonds. The first-order chi connectivity index (χ1) is 19.2. The molecule has 0 aromatic carbocycles. The lowest BCUT2D eigenvalue weighted by atomic mass is 9.71. The van der Waals surface area contributed by atoms with E-state index in [-0.39, 0.29) is 0 Å². The van der Waals surface area contributed by atoms with Crippen LogP contribution < -0.4 is 0 Å². The highest BCUT2D eigenvalue weighted by atomic mass is 16.5. The Labute approximate surface area is 239 Å². The normalized spacial score (nSPS) is 37.6. The van der Waals surface area contributed by atoms with E-state index in [9.17, 15) is 0 Å². The third-order valence-electron chi connectivity index (χ3n) is 11.8. The fourth-order valence-electron chi connectivity index (χ4n) is 9.65. The molecule has 2 heterocycles. The molecule has 1 saturated heterocycles. The highest BCUT2D eigenvalue weighted by molar-refractivity contribution is 5.85. The minimum atomic E-state index is 0.385. The number of allylic oxidation sites excluding steroid dienone is 2. The Bertz CT molecular complexity index is 925. The Balaban J connectivity index is 1.17. The number of hydrogen-bond acceptors (Lipinski definition) is 3. The number of nitrogens with zero attached hydrogens (tertiary/aromatic N) is 2. The van der Waals surface area contributed by atoms with E-state index >= 15 is 0 Å². The summed E-state index contributed by atoms with van der Waals surface area (Å²) in [6.07, 6.45) is 29.0. The predicted octanol–water partition coefficient (Wildman–Crippen LogP) is 8.21. The van der Waals surface area contributed by atoms with Crippen molar-refractivity contribution in [2.75, 3.05) is 13.1 Å². The smallest absolute Gasteiger partial charge is 0.363 e. The summed E-state index contributed by atoms with van der Waals surface area (Å²) in [6, 6.07) is 1.14. The molecule has 5 fully saturated rings. The first-order valence-electron chi connectivity index (χ1n) is 17.3. The Morgan fingerprint density at radius 3 is 2.00 bits per heavy atom. The molecule has 0 bridgehead atoms. The molecule has 4 nitrogen and oxygen atoms in total. The molecule has 39 heavy (non-hydrogen) atoms. The van der Waals surface area contributed by atoms with Gasteiger partial charge in [0.25, 0.3) is 0 Å². The van der Waals surface area contributed by atoms with Gasteiger partial charge in [-0.05, 0) is 81.6 Å². The molecule has 6 rings (SSSR count). The second kappa shape index (κ2) is 12.6. The van der Waals surface area contributed by atoms with Crippen molar-refractivity contribution >= 4 is 5.90 Å². The molecule has 0 aromatic heterocycles. The maximum absolute atomic E-state index is 6.71. The van der Waals surface area contributed by atoms with E-state index in [0.717, 1.165) is 55.0 Å². The van der Waals surface area contributed by atoms with Crippen LogP contribution in [0.1, 0.15) is 130 Å². The van der Waals surface area contributed by atoms with Crippen molar-refractivity contribution in [2.45, 2.75) is 154 Å². The molecule has 4 saturated carbocycles. The van der Waals surface area contributed by atoms with Crippen LogP contribution in [-0.4, -0.2) is 52.8 Å². The molecule has 4 aliphatic carbocycles. The van der Waals surface area contributed by atoms with Gasteiger partial charge in [0.2, 0.25) is 0 Å². The van der Waals surface area contributed by atoms with E-state index in [2.05, 4.69) is 42.4 Å². The van der Waals surface area contributed by atoms with Gasteiger partial charge < -0.3 is 14.4 Å². The quantitative estimate of drug-likeness (QED) is 0.306. The van der Waals surface area contributed by atoms with Crippen molar-refractivity contribution < 1.29 is 14.0 Å². The van der Waals surface area contributed by atoms with Crippen molar-refractivity contribution in [3.05, 3.63) is 23.6 Å². The third kappa shape index (κ3) is 5.82. The van der Waals surface area contributed by atoms with Gasteiger partial charge in [0.1, 0.15) is 12.6 Å². The van der Waals surface area contributed by atoms with E-state index < -0.39 is 0 Å².